The fraction of sp³-hybridized carbons (Fsp3) is 0.227. The standard InChI is InChI=1S/C22H22ClN3O3/c1-2-29-19-10-8-16(9-11-19)20-12-13-22(28)26(25-20)14-4-7-21(27)24-18-6-3-5-17(23)15-18/h3,5-6,8-13,15H,2,4,7,14H2,1H3,(H,24,27). The van der Waals surface area contributed by atoms with Crippen LogP contribution in [0.25, 0.3) is 11.3 Å². The molecule has 1 aromatic heterocycles. The topological polar surface area (TPSA) is 73.2 Å². The molecule has 1 N–H and O–H groups in total. The van der Waals surface area contributed by atoms with E-state index >= 15 is 0 Å². The van der Waals surface area contributed by atoms with E-state index in [-0.39, 0.29) is 17.9 Å². The number of ether oxygens (including phenoxy) is 1. The summed E-state index contributed by atoms with van der Waals surface area (Å²) < 4.78 is 6.83. The number of hydrogen-bond donors (Lipinski definition) is 1. The quantitative estimate of drug-likeness (QED) is 0.597. The van der Waals surface area contributed by atoms with Gasteiger partial charge in [-0.2, -0.15) is 5.10 Å². The molecular formula is C22H22ClN3O3. The van der Waals surface area contributed by atoms with Gasteiger partial charge in [-0.25, -0.2) is 4.68 Å². The predicted octanol–water partition coefficient (Wildman–Crippen LogP) is 4.38. The highest BCUT2D eigenvalue weighted by molar-refractivity contribution is 6.30. The van der Waals surface area contributed by atoms with E-state index in [9.17, 15) is 9.59 Å². The molecule has 0 bridgehead atoms. The highest BCUT2D eigenvalue weighted by atomic mass is 35.5. The molecule has 3 rings (SSSR count). The van der Waals surface area contributed by atoms with Crippen LogP contribution in [-0.2, 0) is 11.3 Å². The third kappa shape index (κ3) is 5.93. The minimum absolute atomic E-state index is 0.136. The van der Waals surface area contributed by atoms with E-state index in [1.807, 2.05) is 31.2 Å². The number of benzene rings is 2. The van der Waals surface area contributed by atoms with Crippen molar-refractivity contribution in [2.75, 3.05) is 11.9 Å². The summed E-state index contributed by atoms with van der Waals surface area (Å²) in [5.74, 6) is 0.651. The van der Waals surface area contributed by atoms with Gasteiger partial charge in [0.2, 0.25) is 5.91 Å². The fourth-order valence-electron chi connectivity index (χ4n) is 2.83. The fourth-order valence-corrected chi connectivity index (χ4v) is 3.02. The van der Waals surface area contributed by atoms with Crippen molar-refractivity contribution in [1.29, 1.82) is 0 Å². The summed E-state index contributed by atoms with van der Waals surface area (Å²) >= 11 is 5.92. The summed E-state index contributed by atoms with van der Waals surface area (Å²) in [5, 5.41) is 7.78. The van der Waals surface area contributed by atoms with Crippen molar-refractivity contribution in [2.24, 2.45) is 0 Å². The van der Waals surface area contributed by atoms with Crippen LogP contribution in [0.15, 0.2) is 65.5 Å². The molecule has 3 aromatic rings. The van der Waals surface area contributed by atoms with Gasteiger partial charge in [0.1, 0.15) is 5.75 Å². The van der Waals surface area contributed by atoms with Crippen LogP contribution in [0.3, 0.4) is 0 Å². The Hall–Kier alpha value is -3.12. The summed E-state index contributed by atoms with van der Waals surface area (Å²) in [6, 6.07) is 17.7. The maximum Gasteiger partial charge on any atom is 0.266 e. The Morgan fingerprint density at radius 2 is 1.93 bits per heavy atom. The number of anilines is 1. The lowest BCUT2D eigenvalue weighted by Gasteiger charge is -2.09. The molecule has 0 saturated heterocycles. The number of aromatic nitrogens is 2. The average Bonchev–Trinajstić information content (AvgIpc) is 2.70. The summed E-state index contributed by atoms with van der Waals surface area (Å²) in [6.07, 6.45) is 0.764. The second kappa shape index (κ2) is 9.89. The van der Waals surface area contributed by atoms with Crippen molar-refractivity contribution in [3.05, 3.63) is 76.0 Å². The lowest BCUT2D eigenvalue weighted by Crippen LogP contribution is -2.23. The first kappa shape index (κ1) is 20.6. The Kier molecular flexibility index (Phi) is 7.03. The van der Waals surface area contributed by atoms with Crippen molar-refractivity contribution in [2.45, 2.75) is 26.3 Å². The number of nitrogens with zero attached hydrogens (tertiary/aromatic N) is 2. The maximum absolute atomic E-state index is 12.1. The first-order chi connectivity index (χ1) is 14.0. The smallest absolute Gasteiger partial charge is 0.266 e. The molecule has 0 aliphatic rings. The molecular weight excluding hydrogens is 390 g/mol. The Labute approximate surface area is 174 Å². The van der Waals surface area contributed by atoms with Crippen LogP contribution in [-0.4, -0.2) is 22.3 Å². The van der Waals surface area contributed by atoms with Gasteiger partial charge in [0.05, 0.1) is 12.3 Å². The summed E-state index contributed by atoms with van der Waals surface area (Å²) in [6.45, 7) is 2.89. The van der Waals surface area contributed by atoms with Crippen molar-refractivity contribution in [3.8, 4) is 17.0 Å². The Bertz CT molecular complexity index is 1030. The summed E-state index contributed by atoms with van der Waals surface area (Å²) in [4.78, 5) is 24.2. The second-order valence-corrected chi connectivity index (χ2v) is 6.84. The minimum atomic E-state index is -0.199. The second-order valence-electron chi connectivity index (χ2n) is 6.40. The van der Waals surface area contributed by atoms with Crippen LogP contribution < -0.4 is 15.6 Å². The van der Waals surface area contributed by atoms with Gasteiger partial charge < -0.3 is 10.1 Å². The highest BCUT2D eigenvalue weighted by Crippen LogP contribution is 2.20. The van der Waals surface area contributed by atoms with Crippen molar-refractivity contribution in [1.82, 2.24) is 9.78 Å². The lowest BCUT2D eigenvalue weighted by molar-refractivity contribution is -0.116. The number of rotatable bonds is 8. The molecule has 2 aromatic carbocycles. The third-order valence-electron chi connectivity index (χ3n) is 4.21. The van der Waals surface area contributed by atoms with Gasteiger partial charge in [-0.05, 0) is 61.9 Å². The van der Waals surface area contributed by atoms with E-state index in [0.717, 1.165) is 11.3 Å². The SMILES string of the molecule is CCOc1ccc(-c2ccc(=O)n(CCCC(=O)Nc3cccc(Cl)c3)n2)cc1. The van der Waals surface area contributed by atoms with E-state index in [2.05, 4.69) is 10.4 Å². The average molecular weight is 412 g/mol. The molecule has 0 spiro atoms. The van der Waals surface area contributed by atoms with Gasteiger partial charge in [0, 0.05) is 35.3 Å². The zero-order valence-corrected chi connectivity index (χ0v) is 16.9. The number of amides is 1. The summed E-state index contributed by atoms with van der Waals surface area (Å²) in [7, 11) is 0. The van der Waals surface area contributed by atoms with Gasteiger partial charge in [-0.3, -0.25) is 9.59 Å². The van der Waals surface area contributed by atoms with Crippen LogP contribution in [0.2, 0.25) is 5.02 Å². The van der Waals surface area contributed by atoms with Crippen LogP contribution in [0.5, 0.6) is 5.75 Å². The first-order valence-corrected chi connectivity index (χ1v) is 9.80. The Balaban J connectivity index is 1.60. The monoisotopic (exact) mass is 411 g/mol. The van der Waals surface area contributed by atoms with E-state index in [4.69, 9.17) is 16.3 Å². The van der Waals surface area contributed by atoms with Crippen LogP contribution >= 0.6 is 11.6 Å². The molecule has 150 valence electrons. The molecule has 1 heterocycles. The molecule has 0 aliphatic heterocycles. The number of nitrogens with one attached hydrogen (secondary N) is 1. The van der Waals surface area contributed by atoms with Crippen molar-refractivity contribution < 1.29 is 9.53 Å². The molecule has 0 aliphatic carbocycles. The molecule has 6 nitrogen and oxygen atoms in total. The lowest BCUT2D eigenvalue weighted by atomic mass is 10.1. The van der Waals surface area contributed by atoms with Gasteiger partial charge in [-0.1, -0.05) is 17.7 Å². The zero-order chi connectivity index (χ0) is 20.6. The zero-order valence-electron chi connectivity index (χ0n) is 16.1. The molecule has 0 atom stereocenters. The van der Waals surface area contributed by atoms with Crippen LogP contribution in [0.4, 0.5) is 5.69 Å². The molecule has 7 heteroatoms. The van der Waals surface area contributed by atoms with E-state index in [1.54, 1.807) is 30.3 Å². The molecule has 0 fully saturated rings. The van der Waals surface area contributed by atoms with Crippen LogP contribution in [0, 0.1) is 0 Å². The minimum Gasteiger partial charge on any atom is -0.494 e. The third-order valence-corrected chi connectivity index (χ3v) is 4.44. The molecule has 0 radical (unpaired) electrons. The van der Waals surface area contributed by atoms with E-state index in [0.29, 0.717) is 36.0 Å². The van der Waals surface area contributed by atoms with E-state index < -0.39 is 0 Å². The molecule has 1 amide bonds. The van der Waals surface area contributed by atoms with Gasteiger partial charge in [0.25, 0.3) is 5.56 Å². The van der Waals surface area contributed by atoms with Gasteiger partial charge in [-0.15, -0.1) is 0 Å². The van der Waals surface area contributed by atoms with Crippen LogP contribution in [0.1, 0.15) is 19.8 Å². The maximum atomic E-state index is 12.1. The molecule has 29 heavy (non-hydrogen) atoms. The molecule has 0 unspecified atom stereocenters. The number of hydrogen-bond acceptors (Lipinski definition) is 4. The van der Waals surface area contributed by atoms with Crippen molar-refractivity contribution in [3.63, 3.8) is 0 Å². The Morgan fingerprint density at radius 3 is 2.66 bits per heavy atom. The van der Waals surface area contributed by atoms with Gasteiger partial charge >= 0.3 is 0 Å². The largest absolute Gasteiger partial charge is 0.494 e. The van der Waals surface area contributed by atoms with E-state index in [1.165, 1.54) is 10.7 Å². The molecule has 0 saturated carbocycles. The van der Waals surface area contributed by atoms with Crippen molar-refractivity contribution >= 4 is 23.2 Å². The predicted molar refractivity (Wildman–Crippen MR) is 114 cm³/mol. The summed E-state index contributed by atoms with van der Waals surface area (Å²) in [5.41, 5.74) is 2.03. The number of carbonyl (C=O) groups is 1. The number of halogens is 1. The first-order valence-electron chi connectivity index (χ1n) is 9.42. The Morgan fingerprint density at radius 1 is 1.14 bits per heavy atom. The normalized spacial score (nSPS) is 10.6. The number of carbonyl (C=O) groups excluding carboxylic acids is 1. The highest BCUT2D eigenvalue weighted by Gasteiger charge is 2.07. The van der Waals surface area contributed by atoms with Gasteiger partial charge in [0.15, 0.2) is 0 Å². The number of aryl methyl sites for hydroxylation is 1.